The van der Waals surface area contributed by atoms with E-state index in [-0.39, 0.29) is 11.9 Å². The fourth-order valence-corrected chi connectivity index (χ4v) is 2.66. The predicted molar refractivity (Wildman–Crippen MR) is 81.0 cm³/mol. The van der Waals surface area contributed by atoms with Crippen molar-refractivity contribution in [1.82, 2.24) is 4.90 Å². The fraction of sp³-hybridized carbons (Fsp3) is 0.562. The van der Waals surface area contributed by atoms with Crippen molar-refractivity contribution in [3.63, 3.8) is 0 Å². The lowest BCUT2D eigenvalue weighted by molar-refractivity contribution is -0.147. The number of para-hydroxylation sites is 1. The van der Waals surface area contributed by atoms with Crippen LogP contribution in [0.3, 0.4) is 0 Å². The van der Waals surface area contributed by atoms with Crippen molar-refractivity contribution in [1.29, 1.82) is 0 Å². The maximum Gasteiger partial charge on any atom is 0.308 e. The van der Waals surface area contributed by atoms with Crippen LogP contribution in [0.1, 0.15) is 18.4 Å². The number of rotatable bonds is 6. The lowest BCUT2D eigenvalue weighted by atomic mass is 9.97. The van der Waals surface area contributed by atoms with Gasteiger partial charge in [0.1, 0.15) is 12.4 Å². The molecule has 1 aliphatic heterocycles. The molecule has 0 bridgehead atoms. The zero-order valence-corrected chi connectivity index (χ0v) is 12.6. The number of hydrogen-bond acceptors (Lipinski definition) is 5. The molecule has 0 unspecified atom stereocenters. The molecule has 2 rings (SSSR count). The number of esters is 1. The number of piperidine rings is 1. The third kappa shape index (κ3) is 4.44. The van der Waals surface area contributed by atoms with Gasteiger partial charge in [-0.05, 0) is 32.0 Å². The topological polar surface area (TPSA) is 64.8 Å². The second kappa shape index (κ2) is 8.00. The van der Waals surface area contributed by atoms with Gasteiger partial charge in [-0.1, -0.05) is 18.2 Å². The fourth-order valence-electron chi connectivity index (χ4n) is 2.66. The predicted octanol–water partition coefficient (Wildman–Crippen LogP) is 1.41. The van der Waals surface area contributed by atoms with Crippen LogP contribution in [0.2, 0.25) is 0 Å². The molecule has 0 spiro atoms. The molecule has 1 fully saturated rings. The molecule has 1 aromatic carbocycles. The van der Waals surface area contributed by atoms with Crippen LogP contribution in [-0.4, -0.2) is 44.2 Å². The first kappa shape index (κ1) is 15.8. The van der Waals surface area contributed by atoms with Crippen molar-refractivity contribution in [3.05, 3.63) is 29.8 Å². The number of ether oxygens (including phenoxy) is 2. The van der Waals surface area contributed by atoms with E-state index in [2.05, 4.69) is 4.90 Å². The minimum absolute atomic E-state index is 0.0603. The van der Waals surface area contributed by atoms with Crippen LogP contribution in [0.25, 0.3) is 0 Å². The smallest absolute Gasteiger partial charge is 0.308 e. The Morgan fingerprint density at radius 2 is 2.05 bits per heavy atom. The minimum Gasteiger partial charge on any atom is -0.492 e. The number of benzene rings is 1. The molecule has 2 N–H and O–H groups in total. The van der Waals surface area contributed by atoms with Gasteiger partial charge in [0.15, 0.2) is 0 Å². The number of hydrogen-bond donors (Lipinski definition) is 1. The van der Waals surface area contributed by atoms with Gasteiger partial charge in [0.2, 0.25) is 0 Å². The van der Waals surface area contributed by atoms with Gasteiger partial charge in [-0.25, -0.2) is 0 Å². The molecule has 0 atom stereocenters. The molecule has 1 heterocycles. The summed E-state index contributed by atoms with van der Waals surface area (Å²) in [6, 6.07) is 7.85. The molecule has 0 aliphatic carbocycles. The lowest BCUT2D eigenvalue weighted by Gasteiger charge is -2.30. The summed E-state index contributed by atoms with van der Waals surface area (Å²) < 4.78 is 10.6. The van der Waals surface area contributed by atoms with Gasteiger partial charge in [0.05, 0.1) is 13.0 Å². The number of carbonyl (C=O) groups excluding carboxylic acids is 1. The van der Waals surface area contributed by atoms with Gasteiger partial charge in [-0.2, -0.15) is 0 Å². The van der Waals surface area contributed by atoms with Crippen LogP contribution in [0, 0.1) is 5.92 Å². The van der Waals surface area contributed by atoms with E-state index in [1.165, 1.54) is 7.11 Å². The van der Waals surface area contributed by atoms with Gasteiger partial charge in [0, 0.05) is 18.7 Å². The van der Waals surface area contributed by atoms with E-state index in [1.807, 2.05) is 24.3 Å². The minimum atomic E-state index is -0.0808. The molecule has 21 heavy (non-hydrogen) atoms. The summed E-state index contributed by atoms with van der Waals surface area (Å²) in [5.41, 5.74) is 6.72. The van der Waals surface area contributed by atoms with Crippen LogP contribution in [0.4, 0.5) is 0 Å². The van der Waals surface area contributed by atoms with Gasteiger partial charge in [-0.3, -0.25) is 9.69 Å². The van der Waals surface area contributed by atoms with Gasteiger partial charge in [-0.15, -0.1) is 0 Å². The highest BCUT2D eigenvalue weighted by Crippen LogP contribution is 2.19. The third-order valence-corrected chi connectivity index (χ3v) is 3.98. The summed E-state index contributed by atoms with van der Waals surface area (Å²) in [4.78, 5) is 13.8. The van der Waals surface area contributed by atoms with Crippen molar-refractivity contribution < 1.29 is 14.3 Å². The summed E-state index contributed by atoms with van der Waals surface area (Å²) in [5.74, 6) is 0.845. The van der Waals surface area contributed by atoms with Crippen molar-refractivity contribution in [2.24, 2.45) is 11.7 Å². The largest absolute Gasteiger partial charge is 0.492 e. The lowest BCUT2D eigenvalue weighted by Crippen LogP contribution is -2.38. The molecule has 1 aromatic rings. The highest BCUT2D eigenvalue weighted by atomic mass is 16.5. The highest BCUT2D eigenvalue weighted by Gasteiger charge is 2.25. The van der Waals surface area contributed by atoms with E-state index in [0.717, 1.165) is 43.8 Å². The Morgan fingerprint density at radius 3 is 2.71 bits per heavy atom. The van der Waals surface area contributed by atoms with Crippen LogP contribution < -0.4 is 10.5 Å². The van der Waals surface area contributed by atoms with E-state index in [1.54, 1.807) is 0 Å². The number of nitrogens with two attached hydrogens (primary N) is 1. The molecule has 1 aliphatic rings. The highest BCUT2D eigenvalue weighted by molar-refractivity contribution is 5.72. The van der Waals surface area contributed by atoms with E-state index in [4.69, 9.17) is 15.2 Å². The van der Waals surface area contributed by atoms with E-state index < -0.39 is 0 Å². The Labute approximate surface area is 126 Å². The monoisotopic (exact) mass is 292 g/mol. The number of carbonyl (C=O) groups is 1. The number of likely N-dealkylation sites (tertiary alicyclic amines) is 1. The summed E-state index contributed by atoms with van der Waals surface area (Å²) in [6.45, 7) is 3.83. The Bertz CT molecular complexity index is 457. The summed E-state index contributed by atoms with van der Waals surface area (Å²) in [6.07, 6.45) is 1.73. The molecule has 0 radical (unpaired) electrons. The molecular formula is C16H24N2O3. The van der Waals surface area contributed by atoms with E-state index in [0.29, 0.717) is 13.2 Å². The SMILES string of the molecule is COC(=O)C1CCN(CCOc2ccccc2CN)CC1. The Hall–Kier alpha value is -1.59. The molecule has 0 aromatic heterocycles. The molecular weight excluding hydrogens is 268 g/mol. The summed E-state index contributed by atoms with van der Waals surface area (Å²) >= 11 is 0. The third-order valence-electron chi connectivity index (χ3n) is 3.98. The average molecular weight is 292 g/mol. The van der Waals surface area contributed by atoms with Gasteiger partial charge < -0.3 is 15.2 Å². The van der Waals surface area contributed by atoms with Crippen molar-refractivity contribution in [2.75, 3.05) is 33.4 Å². The second-order valence-electron chi connectivity index (χ2n) is 5.30. The zero-order chi connectivity index (χ0) is 15.1. The first-order valence-electron chi connectivity index (χ1n) is 7.45. The zero-order valence-electron chi connectivity index (χ0n) is 12.6. The first-order valence-corrected chi connectivity index (χ1v) is 7.45. The van der Waals surface area contributed by atoms with E-state index >= 15 is 0 Å². The number of nitrogens with zero attached hydrogens (tertiary/aromatic N) is 1. The second-order valence-corrected chi connectivity index (χ2v) is 5.30. The molecule has 5 heteroatoms. The maximum atomic E-state index is 11.5. The normalized spacial score (nSPS) is 16.7. The standard InChI is InChI=1S/C16H24N2O3/c1-20-16(19)13-6-8-18(9-7-13)10-11-21-15-5-3-2-4-14(15)12-17/h2-5,13H,6-12,17H2,1H3. The Balaban J connectivity index is 1.72. The van der Waals surface area contributed by atoms with Crippen LogP contribution in [0.15, 0.2) is 24.3 Å². The molecule has 116 valence electrons. The Morgan fingerprint density at radius 1 is 1.33 bits per heavy atom. The van der Waals surface area contributed by atoms with Crippen molar-refractivity contribution in [2.45, 2.75) is 19.4 Å². The maximum absolute atomic E-state index is 11.5. The quantitative estimate of drug-likeness (QED) is 0.803. The van der Waals surface area contributed by atoms with Crippen molar-refractivity contribution >= 4 is 5.97 Å². The van der Waals surface area contributed by atoms with E-state index in [9.17, 15) is 4.79 Å². The Kier molecular flexibility index (Phi) is 6.02. The van der Waals surface area contributed by atoms with Gasteiger partial charge in [0.25, 0.3) is 0 Å². The van der Waals surface area contributed by atoms with Crippen LogP contribution in [0.5, 0.6) is 5.75 Å². The average Bonchev–Trinajstić information content (AvgIpc) is 2.55. The van der Waals surface area contributed by atoms with Crippen LogP contribution in [-0.2, 0) is 16.1 Å². The van der Waals surface area contributed by atoms with Gasteiger partial charge >= 0.3 is 5.97 Å². The molecule has 0 saturated carbocycles. The first-order chi connectivity index (χ1) is 10.2. The molecule has 5 nitrogen and oxygen atoms in total. The summed E-state index contributed by atoms with van der Waals surface area (Å²) in [5, 5.41) is 0. The number of methoxy groups -OCH3 is 1. The molecule has 1 saturated heterocycles. The summed E-state index contributed by atoms with van der Waals surface area (Å²) in [7, 11) is 1.46. The molecule has 0 amide bonds. The van der Waals surface area contributed by atoms with Crippen molar-refractivity contribution in [3.8, 4) is 5.75 Å². The van der Waals surface area contributed by atoms with Crippen LogP contribution >= 0.6 is 0 Å².